The van der Waals surface area contributed by atoms with Crippen LogP contribution in [-0.4, -0.2) is 35.5 Å². The van der Waals surface area contributed by atoms with E-state index in [2.05, 4.69) is 0 Å². The highest BCUT2D eigenvalue weighted by Gasteiger charge is 2.22. The molecule has 0 unspecified atom stereocenters. The summed E-state index contributed by atoms with van der Waals surface area (Å²) in [5.41, 5.74) is -0.599. The van der Waals surface area contributed by atoms with Crippen LogP contribution in [0.2, 0.25) is 0 Å². The van der Waals surface area contributed by atoms with E-state index in [1.807, 2.05) is 0 Å². The number of aliphatic carboxylic acids is 1. The zero-order valence-electron chi connectivity index (χ0n) is 10.2. The summed E-state index contributed by atoms with van der Waals surface area (Å²) in [4.78, 5) is 31.8. The number of ketones is 1. The van der Waals surface area contributed by atoms with Crippen molar-refractivity contribution in [3.05, 3.63) is 27.8 Å². The fraction of sp³-hybridized carbons (Fsp3) is 0.273. The molecule has 0 amide bonds. The number of carboxylic acid groups (broad SMARTS) is 1. The van der Waals surface area contributed by atoms with E-state index in [0.29, 0.717) is 0 Å². The van der Waals surface area contributed by atoms with E-state index >= 15 is 0 Å². The van der Waals surface area contributed by atoms with Gasteiger partial charge in [-0.05, 0) is 6.92 Å². The molecule has 1 rings (SSSR count). The maximum absolute atomic E-state index is 11.3. The minimum atomic E-state index is -1.24. The van der Waals surface area contributed by atoms with Crippen LogP contribution in [0.25, 0.3) is 0 Å². The first-order valence-corrected chi connectivity index (χ1v) is 5.08. The number of ether oxygens (including phenoxy) is 2. The second kappa shape index (κ2) is 5.80. The SMILES string of the molecule is COc1cc(C(C)=O)c([N+](=O)[O-])cc1OCC(=O)O. The number of nitro groups is 1. The summed E-state index contributed by atoms with van der Waals surface area (Å²) in [5.74, 6) is -1.80. The largest absolute Gasteiger partial charge is 0.493 e. The Labute approximate surface area is 107 Å². The van der Waals surface area contributed by atoms with Crippen LogP contribution < -0.4 is 9.47 Å². The number of nitro benzene ring substituents is 1. The molecule has 0 heterocycles. The minimum Gasteiger partial charge on any atom is -0.493 e. The zero-order chi connectivity index (χ0) is 14.6. The summed E-state index contributed by atoms with van der Waals surface area (Å²) >= 11 is 0. The third kappa shape index (κ3) is 3.41. The molecule has 8 nitrogen and oxygen atoms in total. The van der Waals surface area contributed by atoms with Crippen molar-refractivity contribution in [3.8, 4) is 11.5 Å². The van der Waals surface area contributed by atoms with Gasteiger partial charge in [0.05, 0.1) is 23.7 Å². The van der Waals surface area contributed by atoms with Crippen molar-refractivity contribution < 1.29 is 29.1 Å². The maximum atomic E-state index is 11.3. The lowest BCUT2D eigenvalue weighted by molar-refractivity contribution is -0.385. The van der Waals surface area contributed by atoms with Crippen molar-refractivity contribution in [3.63, 3.8) is 0 Å². The Morgan fingerprint density at radius 1 is 1.37 bits per heavy atom. The summed E-state index contributed by atoms with van der Waals surface area (Å²) in [5, 5.41) is 19.4. The number of nitrogens with zero attached hydrogens (tertiary/aromatic N) is 1. The molecule has 102 valence electrons. The Kier molecular flexibility index (Phi) is 4.41. The van der Waals surface area contributed by atoms with Gasteiger partial charge in [0.15, 0.2) is 23.9 Å². The summed E-state index contributed by atoms with van der Waals surface area (Å²) in [6, 6.07) is 2.12. The standard InChI is InChI=1S/C11H11NO7/c1-6(13)7-3-9(18-2)10(19-5-11(14)15)4-8(7)12(16)17/h3-4H,5H2,1-2H3,(H,14,15). The van der Waals surface area contributed by atoms with Crippen LogP contribution >= 0.6 is 0 Å². The number of hydrogen-bond acceptors (Lipinski definition) is 6. The monoisotopic (exact) mass is 269 g/mol. The van der Waals surface area contributed by atoms with Crippen LogP contribution in [0.3, 0.4) is 0 Å². The first-order chi connectivity index (χ1) is 8.86. The average Bonchev–Trinajstić information content (AvgIpc) is 2.34. The highest BCUT2D eigenvalue weighted by Crippen LogP contribution is 2.34. The lowest BCUT2D eigenvalue weighted by atomic mass is 10.1. The van der Waals surface area contributed by atoms with E-state index in [9.17, 15) is 19.7 Å². The topological polar surface area (TPSA) is 116 Å². The van der Waals surface area contributed by atoms with Crippen LogP contribution in [0.1, 0.15) is 17.3 Å². The van der Waals surface area contributed by atoms with Crippen molar-refractivity contribution in [1.29, 1.82) is 0 Å². The summed E-state index contributed by atoms with van der Waals surface area (Å²) in [6.07, 6.45) is 0. The third-order valence-corrected chi connectivity index (χ3v) is 2.21. The molecule has 0 aliphatic heterocycles. The molecule has 0 saturated heterocycles. The highest BCUT2D eigenvalue weighted by molar-refractivity contribution is 5.99. The highest BCUT2D eigenvalue weighted by atomic mass is 16.6. The first kappa shape index (κ1) is 14.4. The van der Waals surface area contributed by atoms with Gasteiger partial charge >= 0.3 is 5.97 Å². The third-order valence-electron chi connectivity index (χ3n) is 2.21. The predicted molar refractivity (Wildman–Crippen MR) is 62.8 cm³/mol. The molecular weight excluding hydrogens is 258 g/mol. The van der Waals surface area contributed by atoms with E-state index in [-0.39, 0.29) is 17.1 Å². The molecule has 1 N–H and O–H groups in total. The molecule has 0 aliphatic rings. The number of benzene rings is 1. The second-order valence-corrected chi connectivity index (χ2v) is 3.52. The fourth-order valence-corrected chi connectivity index (χ4v) is 1.39. The van der Waals surface area contributed by atoms with Gasteiger partial charge in [-0.2, -0.15) is 0 Å². The van der Waals surface area contributed by atoms with Gasteiger partial charge in [-0.1, -0.05) is 0 Å². The number of hydrogen-bond donors (Lipinski definition) is 1. The van der Waals surface area contributed by atoms with Crippen molar-refractivity contribution in [2.24, 2.45) is 0 Å². The number of carbonyl (C=O) groups is 2. The van der Waals surface area contributed by atoms with E-state index < -0.39 is 29.0 Å². The molecule has 1 aromatic carbocycles. The van der Waals surface area contributed by atoms with Crippen LogP contribution in [0.15, 0.2) is 12.1 Å². The normalized spacial score (nSPS) is 9.79. The quantitative estimate of drug-likeness (QED) is 0.469. The summed E-state index contributed by atoms with van der Waals surface area (Å²) in [7, 11) is 1.28. The van der Waals surface area contributed by atoms with Gasteiger partial charge < -0.3 is 14.6 Å². The number of carboxylic acids is 1. The first-order valence-electron chi connectivity index (χ1n) is 5.08. The minimum absolute atomic E-state index is 0.0528. The molecule has 0 spiro atoms. The molecule has 0 radical (unpaired) electrons. The summed E-state index contributed by atoms with van der Waals surface area (Å²) < 4.78 is 9.79. The lowest BCUT2D eigenvalue weighted by Crippen LogP contribution is -2.11. The second-order valence-electron chi connectivity index (χ2n) is 3.52. The number of Topliss-reactive ketones (excluding diaryl/α,β-unsaturated/α-hetero) is 1. The van der Waals surface area contributed by atoms with Gasteiger partial charge in [-0.3, -0.25) is 14.9 Å². The van der Waals surface area contributed by atoms with Crippen LogP contribution in [0, 0.1) is 10.1 Å². The number of carbonyl (C=O) groups excluding carboxylic acids is 1. The fourth-order valence-electron chi connectivity index (χ4n) is 1.39. The Morgan fingerprint density at radius 3 is 2.42 bits per heavy atom. The molecule has 0 fully saturated rings. The molecule has 0 aliphatic carbocycles. The number of methoxy groups -OCH3 is 1. The Hall–Kier alpha value is -2.64. The zero-order valence-corrected chi connectivity index (χ0v) is 10.2. The van der Waals surface area contributed by atoms with Gasteiger partial charge in [-0.15, -0.1) is 0 Å². The van der Waals surface area contributed by atoms with Crippen LogP contribution in [0.5, 0.6) is 11.5 Å². The van der Waals surface area contributed by atoms with Crippen molar-refractivity contribution >= 4 is 17.4 Å². The average molecular weight is 269 g/mol. The van der Waals surface area contributed by atoms with Gasteiger partial charge in [0.25, 0.3) is 5.69 Å². The van der Waals surface area contributed by atoms with E-state index in [1.165, 1.54) is 14.0 Å². The van der Waals surface area contributed by atoms with Gasteiger partial charge in [0, 0.05) is 6.07 Å². The Balaban J connectivity index is 3.31. The van der Waals surface area contributed by atoms with E-state index in [4.69, 9.17) is 14.6 Å². The summed E-state index contributed by atoms with van der Waals surface area (Å²) in [6.45, 7) is 0.506. The molecular formula is C11H11NO7. The lowest BCUT2D eigenvalue weighted by Gasteiger charge is -2.10. The molecule has 0 atom stereocenters. The Bertz CT molecular complexity index is 538. The van der Waals surface area contributed by atoms with Gasteiger partial charge in [-0.25, -0.2) is 4.79 Å². The van der Waals surface area contributed by atoms with E-state index in [0.717, 1.165) is 12.1 Å². The molecule has 1 aromatic rings. The van der Waals surface area contributed by atoms with Crippen LogP contribution in [-0.2, 0) is 4.79 Å². The van der Waals surface area contributed by atoms with Crippen LogP contribution in [0.4, 0.5) is 5.69 Å². The van der Waals surface area contributed by atoms with Crippen molar-refractivity contribution in [1.82, 2.24) is 0 Å². The van der Waals surface area contributed by atoms with Gasteiger partial charge in [0.1, 0.15) is 0 Å². The van der Waals surface area contributed by atoms with E-state index in [1.54, 1.807) is 0 Å². The number of rotatable bonds is 6. The molecule has 0 bridgehead atoms. The molecule has 0 saturated carbocycles. The van der Waals surface area contributed by atoms with Gasteiger partial charge in [0.2, 0.25) is 0 Å². The van der Waals surface area contributed by atoms with Crippen molar-refractivity contribution in [2.75, 3.05) is 13.7 Å². The molecule has 19 heavy (non-hydrogen) atoms. The van der Waals surface area contributed by atoms with Crippen molar-refractivity contribution in [2.45, 2.75) is 6.92 Å². The molecule has 8 heteroatoms. The molecule has 0 aromatic heterocycles. The predicted octanol–water partition coefficient (Wildman–Crippen LogP) is 1.27. The Morgan fingerprint density at radius 2 is 2.00 bits per heavy atom. The smallest absolute Gasteiger partial charge is 0.341 e. The maximum Gasteiger partial charge on any atom is 0.341 e.